The van der Waals surface area contributed by atoms with Crippen LogP contribution in [-0.2, 0) is 14.4 Å². The number of carbonyl (C=O) groups is 3. The van der Waals surface area contributed by atoms with Crippen molar-refractivity contribution in [2.45, 2.75) is 40.7 Å². The molecule has 1 saturated heterocycles. The number of amides is 1. The lowest BCUT2D eigenvalue weighted by atomic mass is 9.94. The second-order valence-corrected chi connectivity index (χ2v) is 8.48. The number of rotatable bonds is 8. The Morgan fingerprint density at radius 3 is 2.24 bits per heavy atom. The number of benzene rings is 2. The highest BCUT2D eigenvalue weighted by Gasteiger charge is 2.46. The first-order chi connectivity index (χ1) is 16.2. The summed E-state index contributed by atoms with van der Waals surface area (Å²) in [6.07, 6.45) is 0. The molecule has 180 valence electrons. The Balaban J connectivity index is 2.10. The van der Waals surface area contributed by atoms with E-state index in [9.17, 15) is 19.5 Å². The summed E-state index contributed by atoms with van der Waals surface area (Å²) in [5.41, 5.74) is 3.25. The van der Waals surface area contributed by atoms with Gasteiger partial charge in [0.15, 0.2) is 0 Å². The van der Waals surface area contributed by atoms with Gasteiger partial charge < -0.3 is 19.6 Å². The SMILES string of the molecule is CCN(CC)CCN1C(=O)C(=O)/C(=C(\O)c2ccc(C)c(C)c2)C1c1ccc(OC(C)=O)cc1. The van der Waals surface area contributed by atoms with Gasteiger partial charge in [0.25, 0.3) is 11.7 Å². The first-order valence-corrected chi connectivity index (χ1v) is 11.5. The third-order valence-corrected chi connectivity index (χ3v) is 6.33. The molecule has 1 amide bonds. The van der Waals surface area contributed by atoms with Gasteiger partial charge in [-0.05, 0) is 61.8 Å². The molecular formula is C27H32N2O5. The summed E-state index contributed by atoms with van der Waals surface area (Å²) in [6, 6.07) is 11.4. The Hall–Kier alpha value is -3.45. The summed E-state index contributed by atoms with van der Waals surface area (Å²) < 4.78 is 5.12. The van der Waals surface area contributed by atoms with E-state index >= 15 is 0 Å². The van der Waals surface area contributed by atoms with Crippen LogP contribution in [-0.4, -0.2) is 58.7 Å². The minimum Gasteiger partial charge on any atom is -0.507 e. The van der Waals surface area contributed by atoms with Crippen LogP contribution in [0.2, 0.25) is 0 Å². The van der Waals surface area contributed by atoms with E-state index in [4.69, 9.17) is 4.74 Å². The van der Waals surface area contributed by atoms with Crippen LogP contribution < -0.4 is 4.74 Å². The van der Waals surface area contributed by atoms with Crippen molar-refractivity contribution in [3.05, 3.63) is 70.3 Å². The second kappa shape index (κ2) is 10.7. The quantitative estimate of drug-likeness (QED) is 0.209. The first-order valence-electron chi connectivity index (χ1n) is 11.5. The molecule has 1 N–H and O–H groups in total. The molecule has 1 aliphatic heterocycles. The van der Waals surface area contributed by atoms with Crippen LogP contribution in [0.4, 0.5) is 0 Å². The number of ketones is 1. The third kappa shape index (κ3) is 5.20. The monoisotopic (exact) mass is 464 g/mol. The van der Waals surface area contributed by atoms with Crippen LogP contribution in [0.3, 0.4) is 0 Å². The van der Waals surface area contributed by atoms with Crippen LogP contribution in [0.25, 0.3) is 5.76 Å². The minimum atomic E-state index is -0.747. The Bertz CT molecular complexity index is 1120. The Kier molecular flexibility index (Phi) is 7.89. The van der Waals surface area contributed by atoms with Crippen LogP contribution in [0.5, 0.6) is 5.75 Å². The largest absolute Gasteiger partial charge is 0.507 e. The van der Waals surface area contributed by atoms with E-state index < -0.39 is 23.7 Å². The molecule has 1 fully saturated rings. The summed E-state index contributed by atoms with van der Waals surface area (Å²) in [5.74, 6) is -1.60. The van der Waals surface area contributed by atoms with Gasteiger partial charge in [0.1, 0.15) is 11.5 Å². The van der Waals surface area contributed by atoms with Crippen molar-refractivity contribution >= 4 is 23.4 Å². The fourth-order valence-corrected chi connectivity index (χ4v) is 4.17. The fraction of sp³-hybridized carbons (Fsp3) is 0.370. The van der Waals surface area contributed by atoms with Crippen molar-refractivity contribution in [3.8, 4) is 5.75 Å². The van der Waals surface area contributed by atoms with Gasteiger partial charge >= 0.3 is 5.97 Å². The molecule has 1 atom stereocenters. The molecule has 0 spiro atoms. The Morgan fingerprint density at radius 1 is 1.03 bits per heavy atom. The average Bonchev–Trinajstić information content (AvgIpc) is 3.06. The molecule has 7 nitrogen and oxygen atoms in total. The van der Waals surface area contributed by atoms with Crippen molar-refractivity contribution in [2.24, 2.45) is 0 Å². The van der Waals surface area contributed by atoms with Crippen LogP contribution >= 0.6 is 0 Å². The highest BCUT2D eigenvalue weighted by Crippen LogP contribution is 2.40. The van der Waals surface area contributed by atoms with Gasteiger partial charge in [0.2, 0.25) is 0 Å². The lowest BCUT2D eigenvalue weighted by Crippen LogP contribution is -2.38. The molecule has 7 heteroatoms. The number of nitrogens with zero attached hydrogens (tertiary/aromatic N) is 2. The molecule has 2 aromatic carbocycles. The maximum absolute atomic E-state index is 13.2. The summed E-state index contributed by atoms with van der Waals surface area (Å²) in [5, 5.41) is 11.2. The normalized spacial score (nSPS) is 17.5. The number of aliphatic hydroxyl groups is 1. The summed E-state index contributed by atoms with van der Waals surface area (Å²) in [4.78, 5) is 41.2. The highest BCUT2D eigenvalue weighted by atomic mass is 16.5. The molecule has 2 aromatic rings. The summed E-state index contributed by atoms with van der Waals surface area (Å²) in [7, 11) is 0. The lowest BCUT2D eigenvalue weighted by Gasteiger charge is -2.28. The number of carbonyl (C=O) groups excluding carboxylic acids is 3. The van der Waals surface area contributed by atoms with E-state index in [0.29, 0.717) is 30.0 Å². The Labute approximate surface area is 200 Å². The molecular weight excluding hydrogens is 432 g/mol. The van der Waals surface area contributed by atoms with Gasteiger partial charge in [0.05, 0.1) is 11.6 Å². The predicted molar refractivity (Wildman–Crippen MR) is 130 cm³/mol. The number of aryl methyl sites for hydroxylation is 2. The number of hydrogen-bond donors (Lipinski definition) is 1. The molecule has 0 aromatic heterocycles. The molecule has 1 heterocycles. The number of likely N-dealkylation sites (N-methyl/N-ethyl adjacent to an activating group) is 1. The zero-order chi connectivity index (χ0) is 25.0. The van der Waals surface area contributed by atoms with E-state index in [0.717, 1.165) is 24.2 Å². The molecule has 0 radical (unpaired) electrons. The number of ether oxygens (including phenoxy) is 1. The third-order valence-electron chi connectivity index (χ3n) is 6.33. The number of Topliss-reactive ketones (excluding diaryl/α,β-unsaturated/α-hetero) is 1. The number of hydrogen-bond acceptors (Lipinski definition) is 6. The molecule has 0 aliphatic carbocycles. The maximum Gasteiger partial charge on any atom is 0.308 e. The Morgan fingerprint density at radius 2 is 1.68 bits per heavy atom. The van der Waals surface area contributed by atoms with Gasteiger partial charge in [-0.3, -0.25) is 14.4 Å². The standard InChI is InChI=1S/C27H32N2O5/c1-6-28(7-2)14-15-29-24(20-10-12-22(13-11-20)34-19(5)30)23(26(32)27(29)33)25(31)21-9-8-17(3)18(4)16-21/h8-13,16,24,31H,6-7,14-15H2,1-5H3/b25-23-. The van der Waals surface area contributed by atoms with E-state index in [1.807, 2.05) is 39.8 Å². The van der Waals surface area contributed by atoms with E-state index in [2.05, 4.69) is 4.90 Å². The van der Waals surface area contributed by atoms with E-state index in [-0.39, 0.29) is 11.3 Å². The van der Waals surface area contributed by atoms with Crippen LogP contribution in [0, 0.1) is 13.8 Å². The van der Waals surface area contributed by atoms with E-state index in [1.165, 1.54) is 11.8 Å². The molecule has 34 heavy (non-hydrogen) atoms. The molecule has 1 aliphatic rings. The predicted octanol–water partition coefficient (Wildman–Crippen LogP) is 3.99. The van der Waals surface area contributed by atoms with Gasteiger partial charge in [-0.15, -0.1) is 0 Å². The summed E-state index contributed by atoms with van der Waals surface area (Å²) in [6.45, 7) is 11.9. The van der Waals surface area contributed by atoms with E-state index in [1.54, 1.807) is 30.3 Å². The summed E-state index contributed by atoms with van der Waals surface area (Å²) >= 11 is 0. The van der Waals surface area contributed by atoms with Crippen molar-refractivity contribution < 1.29 is 24.2 Å². The molecule has 3 rings (SSSR count). The van der Waals surface area contributed by atoms with Crippen molar-refractivity contribution in [3.63, 3.8) is 0 Å². The zero-order valence-electron chi connectivity index (χ0n) is 20.4. The number of likely N-dealkylation sites (tertiary alicyclic amines) is 1. The van der Waals surface area contributed by atoms with Crippen LogP contribution in [0.15, 0.2) is 48.0 Å². The maximum atomic E-state index is 13.2. The van der Waals surface area contributed by atoms with Crippen molar-refractivity contribution in [1.82, 2.24) is 9.80 Å². The lowest BCUT2D eigenvalue weighted by molar-refractivity contribution is -0.140. The molecule has 1 unspecified atom stereocenters. The molecule has 0 saturated carbocycles. The van der Waals surface area contributed by atoms with Gasteiger partial charge in [-0.25, -0.2) is 0 Å². The minimum absolute atomic E-state index is 0.0630. The number of aliphatic hydroxyl groups excluding tert-OH is 1. The topological polar surface area (TPSA) is 87.2 Å². The van der Waals surface area contributed by atoms with Crippen molar-refractivity contribution in [1.29, 1.82) is 0 Å². The van der Waals surface area contributed by atoms with Gasteiger partial charge in [0, 0.05) is 25.6 Å². The number of esters is 1. The smallest absolute Gasteiger partial charge is 0.308 e. The van der Waals surface area contributed by atoms with Crippen molar-refractivity contribution in [2.75, 3.05) is 26.2 Å². The van der Waals surface area contributed by atoms with Gasteiger partial charge in [-0.2, -0.15) is 0 Å². The highest BCUT2D eigenvalue weighted by molar-refractivity contribution is 6.46. The van der Waals surface area contributed by atoms with Crippen LogP contribution in [0.1, 0.15) is 49.1 Å². The first kappa shape index (κ1) is 25.2. The average molecular weight is 465 g/mol. The van der Waals surface area contributed by atoms with Gasteiger partial charge in [-0.1, -0.05) is 38.1 Å². The molecule has 0 bridgehead atoms. The zero-order valence-corrected chi connectivity index (χ0v) is 20.4. The fourth-order valence-electron chi connectivity index (χ4n) is 4.17. The second-order valence-electron chi connectivity index (χ2n) is 8.48.